The van der Waals surface area contributed by atoms with Gasteiger partial charge in [-0.05, 0) is 80.4 Å². The third-order valence-electron chi connectivity index (χ3n) is 7.97. The Kier molecular flexibility index (Phi) is 7.10. The topological polar surface area (TPSA) is 62.1 Å². The van der Waals surface area contributed by atoms with Crippen molar-refractivity contribution in [1.29, 1.82) is 0 Å². The Morgan fingerprint density at radius 1 is 0.868 bits per heavy atom. The maximum Gasteiger partial charge on any atom is 0.130 e. The first-order valence-corrected chi connectivity index (χ1v) is 13.9. The molecule has 0 atom stereocenters. The number of benzene rings is 1. The van der Waals surface area contributed by atoms with Crippen LogP contribution in [0.4, 0.5) is 11.6 Å². The third-order valence-corrected chi connectivity index (χ3v) is 7.97. The Bertz CT molecular complexity index is 1430. The number of fused-ring (bicyclic) bond motifs is 1. The average molecular weight is 508 g/mol. The standard InChI is InChI=1S/C31H37N7/c1-23(24-11-12-32-31(19-24)38-15-7-4-8-16-38)35-30-18-27-17-25(9-10-26(27)20-33-30)28-21-34-36(2)29(28)22-37-13-5-3-6-14-37/h9-12,17-21H,1,3-8,13-16,22H2,2H3,(H,33,35). The molecule has 38 heavy (non-hydrogen) atoms. The van der Waals surface area contributed by atoms with Crippen molar-refractivity contribution in [3.8, 4) is 11.1 Å². The van der Waals surface area contributed by atoms with Crippen molar-refractivity contribution >= 4 is 28.1 Å². The van der Waals surface area contributed by atoms with Crippen LogP contribution >= 0.6 is 0 Å². The number of likely N-dealkylation sites (tertiary alicyclic amines) is 1. The summed E-state index contributed by atoms with van der Waals surface area (Å²) in [6.45, 7) is 9.73. The molecule has 2 saturated heterocycles. The van der Waals surface area contributed by atoms with Gasteiger partial charge in [-0.3, -0.25) is 9.58 Å². The van der Waals surface area contributed by atoms with E-state index in [0.29, 0.717) is 0 Å². The molecule has 1 N–H and O–H groups in total. The Balaban J connectivity index is 1.22. The van der Waals surface area contributed by atoms with Gasteiger partial charge in [-0.15, -0.1) is 0 Å². The lowest BCUT2D eigenvalue weighted by Gasteiger charge is -2.28. The summed E-state index contributed by atoms with van der Waals surface area (Å²) in [7, 11) is 2.05. The molecule has 0 amide bonds. The quantitative estimate of drug-likeness (QED) is 0.327. The number of aromatic nitrogens is 4. The number of aryl methyl sites for hydroxylation is 1. The summed E-state index contributed by atoms with van der Waals surface area (Å²) in [6, 6.07) is 12.8. The van der Waals surface area contributed by atoms with Crippen molar-refractivity contribution < 1.29 is 0 Å². The molecule has 2 aliphatic rings. The number of nitrogens with one attached hydrogen (secondary N) is 1. The van der Waals surface area contributed by atoms with E-state index in [1.807, 2.05) is 29.3 Å². The zero-order valence-corrected chi connectivity index (χ0v) is 22.4. The molecule has 0 bridgehead atoms. The van der Waals surface area contributed by atoms with Gasteiger partial charge in [-0.2, -0.15) is 5.10 Å². The maximum atomic E-state index is 4.66. The maximum absolute atomic E-state index is 4.66. The number of anilines is 2. The van der Waals surface area contributed by atoms with Crippen LogP contribution in [-0.4, -0.2) is 50.8 Å². The molecular weight excluding hydrogens is 470 g/mol. The van der Waals surface area contributed by atoms with E-state index in [-0.39, 0.29) is 0 Å². The molecule has 5 heterocycles. The van der Waals surface area contributed by atoms with Crippen molar-refractivity contribution in [2.45, 2.75) is 45.1 Å². The van der Waals surface area contributed by atoms with E-state index in [9.17, 15) is 0 Å². The first kappa shape index (κ1) is 24.6. The van der Waals surface area contributed by atoms with Crippen molar-refractivity contribution in [2.24, 2.45) is 7.05 Å². The van der Waals surface area contributed by atoms with E-state index < -0.39 is 0 Å². The fourth-order valence-corrected chi connectivity index (χ4v) is 5.73. The van der Waals surface area contributed by atoms with Gasteiger partial charge < -0.3 is 10.2 Å². The number of hydrogen-bond donors (Lipinski definition) is 1. The highest BCUT2D eigenvalue weighted by Gasteiger charge is 2.17. The lowest BCUT2D eigenvalue weighted by molar-refractivity contribution is 0.216. The molecule has 2 aliphatic heterocycles. The average Bonchev–Trinajstić information content (AvgIpc) is 3.33. The zero-order valence-electron chi connectivity index (χ0n) is 22.4. The third kappa shape index (κ3) is 5.29. The predicted octanol–water partition coefficient (Wildman–Crippen LogP) is 6.09. The summed E-state index contributed by atoms with van der Waals surface area (Å²) >= 11 is 0. The minimum absolute atomic E-state index is 0.788. The van der Waals surface area contributed by atoms with E-state index in [0.717, 1.165) is 53.3 Å². The van der Waals surface area contributed by atoms with Gasteiger partial charge >= 0.3 is 0 Å². The number of rotatable bonds is 7. The van der Waals surface area contributed by atoms with Gasteiger partial charge in [0.25, 0.3) is 0 Å². The Hall–Kier alpha value is -3.71. The van der Waals surface area contributed by atoms with Gasteiger partial charge in [-0.25, -0.2) is 9.97 Å². The fourth-order valence-electron chi connectivity index (χ4n) is 5.73. The summed E-state index contributed by atoms with van der Waals surface area (Å²) in [5.74, 6) is 1.81. The number of piperidine rings is 2. The molecule has 4 aromatic rings. The normalized spacial score (nSPS) is 16.6. The lowest BCUT2D eigenvalue weighted by atomic mass is 10.0. The SMILES string of the molecule is C=C(Nc1cc2cc(-c3cnn(C)c3CN3CCCCC3)ccc2cn1)c1ccnc(N2CCCCC2)c1. The minimum atomic E-state index is 0.788. The molecule has 1 aromatic carbocycles. The molecule has 0 radical (unpaired) electrons. The van der Waals surface area contributed by atoms with Crippen molar-refractivity contribution in [1.82, 2.24) is 24.6 Å². The van der Waals surface area contributed by atoms with Gasteiger partial charge in [0.2, 0.25) is 0 Å². The van der Waals surface area contributed by atoms with Gasteiger partial charge in [0.1, 0.15) is 11.6 Å². The highest BCUT2D eigenvalue weighted by atomic mass is 15.3. The van der Waals surface area contributed by atoms with Crippen molar-refractivity contribution in [3.63, 3.8) is 0 Å². The summed E-state index contributed by atoms with van der Waals surface area (Å²) in [5, 5.41) is 10.3. The molecule has 7 heteroatoms. The van der Waals surface area contributed by atoms with Crippen LogP contribution in [0.25, 0.3) is 27.6 Å². The highest BCUT2D eigenvalue weighted by Crippen LogP contribution is 2.30. The monoisotopic (exact) mass is 507 g/mol. The molecule has 0 saturated carbocycles. The molecule has 196 valence electrons. The predicted molar refractivity (Wildman–Crippen MR) is 156 cm³/mol. The fraction of sp³-hybridized carbons (Fsp3) is 0.387. The second kappa shape index (κ2) is 11.0. The van der Waals surface area contributed by atoms with Crippen LogP contribution in [0, 0.1) is 0 Å². The van der Waals surface area contributed by atoms with Crippen LogP contribution in [0.3, 0.4) is 0 Å². The number of hydrogen-bond acceptors (Lipinski definition) is 6. The van der Waals surface area contributed by atoms with Gasteiger partial charge in [-0.1, -0.05) is 25.1 Å². The van der Waals surface area contributed by atoms with E-state index in [1.165, 1.54) is 68.4 Å². The highest BCUT2D eigenvalue weighted by molar-refractivity contribution is 5.90. The zero-order chi connectivity index (χ0) is 25.9. The molecule has 0 spiro atoms. The summed E-state index contributed by atoms with van der Waals surface area (Å²) in [4.78, 5) is 14.2. The summed E-state index contributed by atoms with van der Waals surface area (Å²) < 4.78 is 2.03. The smallest absolute Gasteiger partial charge is 0.130 e. The first-order chi connectivity index (χ1) is 18.6. The molecule has 7 nitrogen and oxygen atoms in total. The lowest BCUT2D eigenvalue weighted by Crippen LogP contribution is -2.30. The number of nitrogens with zero attached hydrogens (tertiary/aromatic N) is 6. The van der Waals surface area contributed by atoms with Crippen LogP contribution in [0.5, 0.6) is 0 Å². The van der Waals surface area contributed by atoms with Crippen LogP contribution in [0.15, 0.2) is 61.6 Å². The summed E-state index contributed by atoms with van der Waals surface area (Å²) in [5.41, 5.74) is 5.53. The van der Waals surface area contributed by atoms with Gasteiger partial charge in [0, 0.05) is 61.3 Å². The summed E-state index contributed by atoms with van der Waals surface area (Å²) in [6.07, 6.45) is 13.5. The van der Waals surface area contributed by atoms with E-state index >= 15 is 0 Å². The number of pyridine rings is 2. The van der Waals surface area contributed by atoms with Crippen LogP contribution in [0.2, 0.25) is 0 Å². The Morgan fingerprint density at radius 2 is 1.66 bits per heavy atom. The second-order valence-electron chi connectivity index (χ2n) is 10.7. The largest absolute Gasteiger partial charge is 0.357 e. The van der Waals surface area contributed by atoms with Crippen molar-refractivity contribution in [2.75, 3.05) is 36.4 Å². The van der Waals surface area contributed by atoms with Gasteiger partial charge in [0.05, 0.1) is 11.9 Å². The van der Waals surface area contributed by atoms with Crippen LogP contribution < -0.4 is 10.2 Å². The van der Waals surface area contributed by atoms with E-state index in [1.54, 1.807) is 0 Å². The van der Waals surface area contributed by atoms with Crippen LogP contribution in [-0.2, 0) is 13.6 Å². The van der Waals surface area contributed by atoms with Gasteiger partial charge in [0.15, 0.2) is 0 Å². The molecule has 3 aromatic heterocycles. The Morgan fingerprint density at radius 3 is 2.47 bits per heavy atom. The first-order valence-electron chi connectivity index (χ1n) is 13.9. The van der Waals surface area contributed by atoms with Crippen LogP contribution in [0.1, 0.15) is 49.8 Å². The molecule has 2 fully saturated rings. The molecule has 6 rings (SSSR count). The minimum Gasteiger partial charge on any atom is -0.357 e. The van der Waals surface area contributed by atoms with E-state index in [4.69, 9.17) is 0 Å². The molecular formula is C31H37N7. The van der Waals surface area contributed by atoms with E-state index in [2.05, 4.69) is 74.1 Å². The molecule has 0 aliphatic carbocycles. The molecule has 0 unspecified atom stereocenters. The van der Waals surface area contributed by atoms with Crippen molar-refractivity contribution in [3.05, 3.63) is 72.8 Å². The Labute approximate surface area is 225 Å². The second-order valence-corrected chi connectivity index (χ2v) is 10.7.